The highest BCUT2D eigenvalue weighted by Gasteiger charge is 2.27. The number of alkyl carbamates (subject to hydrolysis) is 1. The van der Waals surface area contributed by atoms with Crippen LogP contribution in [0.15, 0.2) is 72.8 Å². The fourth-order valence-corrected chi connectivity index (χ4v) is 4.97. The first-order chi connectivity index (χ1) is 22.5. The van der Waals surface area contributed by atoms with Crippen LogP contribution in [0.2, 0.25) is 0 Å². The zero-order valence-corrected chi connectivity index (χ0v) is 26.2. The number of halogens is 1. The maximum absolute atomic E-state index is 13.8. The predicted molar refractivity (Wildman–Crippen MR) is 170 cm³/mol. The molecule has 0 radical (unpaired) electrons. The summed E-state index contributed by atoms with van der Waals surface area (Å²) in [6.45, 7) is 4.85. The number of para-hydroxylation sites is 2. The lowest BCUT2D eigenvalue weighted by Gasteiger charge is -2.33. The van der Waals surface area contributed by atoms with E-state index in [-0.39, 0.29) is 23.4 Å². The van der Waals surface area contributed by atoms with Crippen LogP contribution in [0.3, 0.4) is 0 Å². The number of carbonyl (C=O) groups excluding carboxylic acids is 3. The first-order valence-electron chi connectivity index (χ1n) is 15.0. The van der Waals surface area contributed by atoms with Gasteiger partial charge in [0.25, 0.3) is 5.91 Å². The van der Waals surface area contributed by atoms with Crippen molar-refractivity contribution < 1.29 is 48.0 Å². The van der Waals surface area contributed by atoms with E-state index in [2.05, 4.69) is 10.2 Å². The van der Waals surface area contributed by atoms with E-state index in [4.69, 9.17) is 29.3 Å². The summed E-state index contributed by atoms with van der Waals surface area (Å²) in [5, 5.41) is 17.5. The van der Waals surface area contributed by atoms with Gasteiger partial charge in [0.1, 0.15) is 11.6 Å². The second kappa shape index (κ2) is 18.0. The molecule has 1 aliphatic rings. The van der Waals surface area contributed by atoms with Crippen molar-refractivity contribution in [3.8, 4) is 5.75 Å². The third-order valence-electron chi connectivity index (χ3n) is 7.44. The highest BCUT2D eigenvalue weighted by Crippen LogP contribution is 2.29. The monoisotopic (exact) mass is 651 g/mol. The molecule has 0 bridgehead atoms. The number of ketones is 1. The Labute approximate surface area is 271 Å². The highest BCUT2D eigenvalue weighted by molar-refractivity contribution is 6.27. The average Bonchev–Trinajstić information content (AvgIpc) is 3.08. The van der Waals surface area contributed by atoms with E-state index in [1.807, 2.05) is 36.4 Å². The first-order valence-corrected chi connectivity index (χ1v) is 15.0. The minimum absolute atomic E-state index is 0.0522. The van der Waals surface area contributed by atoms with Gasteiger partial charge in [-0.2, -0.15) is 0 Å². The van der Waals surface area contributed by atoms with Crippen LogP contribution in [-0.4, -0.2) is 84.7 Å². The molecule has 3 N–H and O–H groups in total. The van der Waals surface area contributed by atoms with Crippen molar-refractivity contribution in [1.29, 1.82) is 0 Å². The minimum atomic E-state index is -1.82. The lowest BCUT2D eigenvalue weighted by molar-refractivity contribution is -0.159. The molecule has 13 heteroatoms. The number of carboxylic acids is 2. The molecule has 4 rings (SSSR count). The van der Waals surface area contributed by atoms with Crippen molar-refractivity contribution in [2.45, 2.75) is 26.3 Å². The highest BCUT2D eigenvalue weighted by atomic mass is 19.1. The Morgan fingerprint density at radius 1 is 0.894 bits per heavy atom. The summed E-state index contributed by atoms with van der Waals surface area (Å²) in [5.74, 6) is -3.62. The van der Waals surface area contributed by atoms with E-state index in [0.717, 1.165) is 18.7 Å². The van der Waals surface area contributed by atoms with Crippen LogP contribution >= 0.6 is 0 Å². The van der Waals surface area contributed by atoms with Gasteiger partial charge in [-0.05, 0) is 86.9 Å². The molecule has 0 atom stereocenters. The maximum atomic E-state index is 13.8. The third-order valence-corrected chi connectivity index (χ3v) is 7.44. The molecule has 1 aliphatic heterocycles. The molecule has 250 valence electrons. The smallest absolute Gasteiger partial charge is 0.414 e. The number of hydrogen-bond donors (Lipinski definition) is 3. The summed E-state index contributed by atoms with van der Waals surface area (Å²) in [6.07, 6.45) is 0.930. The Kier molecular flexibility index (Phi) is 13.9. The number of Topliss-reactive ketones (excluding diaryl/α,β-unsaturated/α-hetero) is 1. The number of amides is 2. The fraction of sp³-hybridized carbons (Fsp3) is 0.324. The van der Waals surface area contributed by atoms with Crippen LogP contribution in [0, 0.1) is 11.7 Å². The number of piperidine rings is 1. The molecule has 0 saturated carbocycles. The van der Waals surface area contributed by atoms with Gasteiger partial charge in [-0.15, -0.1) is 0 Å². The Morgan fingerprint density at radius 2 is 1.49 bits per heavy atom. The number of aliphatic carboxylic acids is 2. The van der Waals surface area contributed by atoms with Crippen molar-refractivity contribution in [1.82, 2.24) is 10.2 Å². The minimum Gasteiger partial charge on any atom is -0.495 e. The molecule has 0 spiro atoms. The Balaban J connectivity index is 0.000000913. The van der Waals surface area contributed by atoms with Gasteiger partial charge >= 0.3 is 18.0 Å². The molecule has 3 aromatic rings. The summed E-state index contributed by atoms with van der Waals surface area (Å²) in [4.78, 5) is 60.4. The number of hydrogen-bond acceptors (Lipinski definition) is 8. The molecule has 2 amide bonds. The number of benzene rings is 3. The number of nitrogens with one attached hydrogen (secondary N) is 1. The number of methoxy groups -OCH3 is 1. The van der Waals surface area contributed by atoms with Crippen molar-refractivity contribution in [2.24, 2.45) is 5.92 Å². The molecule has 0 aliphatic carbocycles. The molecule has 1 fully saturated rings. The number of anilines is 1. The van der Waals surface area contributed by atoms with E-state index >= 15 is 0 Å². The lowest BCUT2D eigenvalue weighted by Crippen LogP contribution is -2.43. The van der Waals surface area contributed by atoms with Gasteiger partial charge < -0.3 is 34.8 Å². The van der Waals surface area contributed by atoms with Crippen LogP contribution in [-0.2, 0) is 20.9 Å². The zero-order chi connectivity index (χ0) is 34.3. The van der Waals surface area contributed by atoms with Gasteiger partial charge in [0.2, 0.25) is 0 Å². The number of likely N-dealkylation sites (tertiary alicyclic amines) is 1. The standard InChI is InChI=1S/C32H36FN3O5.C2H2O4/c1-3-41-32(39)34-22-23-8-10-26(11-9-23)31(38)36(28-6-4-5-7-29(28)40-2)21-20-35-18-16-25(17-19-35)30(37)24-12-14-27(33)15-13-24;3-1(4)2(5)6/h4-15,25H,3,16-22H2,1-2H3,(H,34,39);(H,3,4)(H,5,6). The molecule has 1 saturated heterocycles. The normalized spacial score (nSPS) is 13.0. The molecule has 3 aromatic carbocycles. The second-order valence-electron chi connectivity index (χ2n) is 10.5. The van der Waals surface area contributed by atoms with Crippen LogP contribution < -0.4 is 15.0 Å². The number of nitrogens with zero attached hydrogens (tertiary/aromatic N) is 2. The summed E-state index contributed by atoms with van der Waals surface area (Å²) < 4.78 is 23.7. The van der Waals surface area contributed by atoms with Gasteiger partial charge in [-0.1, -0.05) is 24.3 Å². The third kappa shape index (κ3) is 10.9. The van der Waals surface area contributed by atoms with Crippen molar-refractivity contribution in [3.05, 3.63) is 95.3 Å². The Bertz CT molecular complexity index is 1510. The first kappa shape index (κ1) is 36.2. The van der Waals surface area contributed by atoms with Crippen molar-refractivity contribution >= 4 is 35.4 Å². The van der Waals surface area contributed by atoms with E-state index in [1.54, 1.807) is 43.2 Å². The summed E-state index contributed by atoms with van der Waals surface area (Å²) in [7, 11) is 1.58. The average molecular weight is 652 g/mol. The second-order valence-corrected chi connectivity index (χ2v) is 10.5. The number of carbonyl (C=O) groups is 5. The zero-order valence-electron chi connectivity index (χ0n) is 26.2. The number of ether oxygens (including phenoxy) is 2. The SMILES string of the molecule is CCOC(=O)NCc1ccc(C(=O)N(CCN2CCC(C(=O)c3ccc(F)cc3)CC2)c2ccccc2OC)cc1.O=C(O)C(=O)O. The van der Waals surface area contributed by atoms with Gasteiger partial charge in [0.05, 0.1) is 19.4 Å². The number of rotatable bonds is 11. The van der Waals surface area contributed by atoms with Gasteiger partial charge in [-0.25, -0.2) is 18.8 Å². The molecule has 1 heterocycles. The molecule has 12 nitrogen and oxygen atoms in total. The largest absolute Gasteiger partial charge is 0.495 e. The quantitative estimate of drug-likeness (QED) is 0.199. The van der Waals surface area contributed by atoms with Crippen LogP contribution in [0.1, 0.15) is 46.0 Å². The van der Waals surface area contributed by atoms with Crippen molar-refractivity contribution in [2.75, 3.05) is 44.8 Å². The van der Waals surface area contributed by atoms with E-state index in [1.165, 1.54) is 12.1 Å². The molecule has 0 unspecified atom stereocenters. The predicted octanol–water partition coefficient (Wildman–Crippen LogP) is 4.48. The van der Waals surface area contributed by atoms with Crippen LogP contribution in [0.5, 0.6) is 5.75 Å². The topological polar surface area (TPSA) is 163 Å². The molecular formula is C34H38FN3O9. The van der Waals surface area contributed by atoms with Gasteiger partial charge in [-0.3, -0.25) is 9.59 Å². The molecule has 0 aromatic heterocycles. The summed E-state index contributed by atoms with van der Waals surface area (Å²) in [5.41, 5.74) is 2.57. The van der Waals surface area contributed by atoms with E-state index < -0.39 is 18.0 Å². The lowest BCUT2D eigenvalue weighted by atomic mass is 9.89. The molecule has 47 heavy (non-hydrogen) atoms. The van der Waals surface area contributed by atoms with Crippen LogP contribution in [0.25, 0.3) is 0 Å². The Morgan fingerprint density at radius 3 is 2.06 bits per heavy atom. The van der Waals surface area contributed by atoms with E-state index in [0.29, 0.717) is 61.6 Å². The summed E-state index contributed by atoms with van der Waals surface area (Å²) in [6, 6.07) is 20.3. The molecular weight excluding hydrogens is 613 g/mol. The Hall–Kier alpha value is -5.30. The maximum Gasteiger partial charge on any atom is 0.414 e. The fourth-order valence-electron chi connectivity index (χ4n) is 4.97. The van der Waals surface area contributed by atoms with Crippen LogP contribution in [0.4, 0.5) is 14.9 Å². The van der Waals surface area contributed by atoms with E-state index in [9.17, 15) is 18.8 Å². The van der Waals surface area contributed by atoms with Gasteiger partial charge in [0.15, 0.2) is 5.78 Å². The van der Waals surface area contributed by atoms with Crippen molar-refractivity contribution in [3.63, 3.8) is 0 Å². The number of carboxylic acid groups (broad SMARTS) is 2. The summed E-state index contributed by atoms with van der Waals surface area (Å²) >= 11 is 0. The van der Waals surface area contributed by atoms with Gasteiger partial charge in [0, 0.05) is 36.7 Å².